The number of halogens is 1. The molecule has 0 bridgehead atoms. The Bertz CT molecular complexity index is 1220. The van der Waals surface area contributed by atoms with Gasteiger partial charge in [0.2, 0.25) is 0 Å². The van der Waals surface area contributed by atoms with E-state index in [4.69, 9.17) is 15.6 Å². The fourth-order valence-electron chi connectivity index (χ4n) is 3.93. The van der Waals surface area contributed by atoms with E-state index in [1.807, 2.05) is 36.4 Å². The molecule has 1 aromatic carbocycles. The molecule has 1 aliphatic rings. The summed E-state index contributed by atoms with van der Waals surface area (Å²) in [7, 11) is 0. The van der Waals surface area contributed by atoms with Gasteiger partial charge in [-0.05, 0) is 30.2 Å². The number of amides is 2. The third kappa shape index (κ3) is 7.04. The van der Waals surface area contributed by atoms with E-state index in [0.29, 0.717) is 25.3 Å². The first-order chi connectivity index (χ1) is 17.9. The highest BCUT2D eigenvalue weighted by Crippen LogP contribution is 2.25. The number of anilines is 4. The molecular formula is C25H28FN7O4. The van der Waals surface area contributed by atoms with Crippen molar-refractivity contribution in [2.75, 3.05) is 48.4 Å². The van der Waals surface area contributed by atoms with E-state index in [2.05, 4.69) is 30.8 Å². The molecule has 2 aromatic heterocycles. The van der Waals surface area contributed by atoms with Crippen LogP contribution in [0, 0.1) is 5.82 Å². The Balaban J connectivity index is 1.56. The van der Waals surface area contributed by atoms with Gasteiger partial charge < -0.3 is 36.4 Å². The van der Waals surface area contributed by atoms with Crippen molar-refractivity contribution in [1.29, 1.82) is 0 Å². The lowest BCUT2D eigenvalue weighted by Gasteiger charge is -2.27. The van der Waals surface area contributed by atoms with Crippen LogP contribution >= 0.6 is 0 Å². The Morgan fingerprint density at radius 1 is 1.14 bits per heavy atom. The van der Waals surface area contributed by atoms with Crippen molar-refractivity contribution >= 4 is 35.1 Å². The van der Waals surface area contributed by atoms with Crippen LogP contribution in [0.5, 0.6) is 0 Å². The van der Waals surface area contributed by atoms with Gasteiger partial charge in [0.1, 0.15) is 11.6 Å². The van der Waals surface area contributed by atoms with Crippen LogP contribution in [0.2, 0.25) is 0 Å². The van der Waals surface area contributed by atoms with E-state index in [0.717, 1.165) is 30.5 Å². The lowest BCUT2D eigenvalue weighted by Crippen LogP contribution is -2.37. The number of hydrogen-bond acceptors (Lipinski definition) is 8. The van der Waals surface area contributed by atoms with E-state index in [1.165, 1.54) is 0 Å². The molecule has 1 atom stereocenters. The number of primary amides is 1. The highest BCUT2D eigenvalue weighted by atomic mass is 19.1. The van der Waals surface area contributed by atoms with Crippen molar-refractivity contribution < 1.29 is 23.8 Å². The summed E-state index contributed by atoms with van der Waals surface area (Å²) in [6, 6.07) is 13.4. The normalized spacial score (nSPS) is 14.0. The maximum atomic E-state index is 15.0. The summed E-state index contributed by atoms with van der Waals surface area (Å²) in [6.07, 6.45) is 0.783. The van der Waals surface area contributed by atoms with Gasteiger partial charge in [-0.3, -0.25) is 4.79 Å². The number of morpholine rings is 1. The second kappa shape index (κ2) is 12.0. The monoisotopic (exact) mass is 509 g/mol. The third-order valence-corrected chi connectivity index (χ3v) is 5.75. The standard InChI is InChI=1S/C25H28FN7O4/c26-20-13-19(22(27)34)23(30-17-6-7-21(28-14-17)33-8-10-37-11-9-33)32-24(20)31-18(15-29-25(35)36)12-16-4-2-1-3-5-16/h1-7,13-14,18,29H,8-12,15H2,(H2,27,34)(H,35,36)(H2,30,31,32). The van der Waals surface area contributed by atoms with Gasteiger partial charge in [0.05, 0.1) is 30.7 Å². The molecule has 0 spiro atoms. The fourth-order valence-corrected chi connectivity index (χ4v) is 3.93. The number of benzene rings is 1. The highest BCUT2D eigenvalue weighted by Gasteiger charge is 2.20. The number of ether oxygens (including phenoxy) is 1. The van der Waals surface area contributed by atoms with E-state index >= 15 is 0 Å². The Labute approximate surface area is 212 Å². The Morgan fingerprint density at radius 2 is 1.89 bits per heavy atom. The highest BCUT2D eigenvalue weighted by molar-refractivity contribution is 5.98. The van der Waals surface area contributed by atoms with Gasteiger partial charge in [0.15, 0.2) is 11.6 Å². The number of hydrogen-bond donors (Lipinski definition) is 5. The number of aromatic nitrogens is 2. The summed E-state index contributed by atoms with van der Waals surface area (Å²) in [5.74, 6) is -0.978. The molecule has 1 unspecified atom stereocenters. The molecule has 194 valence electrons. The minimum Gasteiger partial charge on any atom is -0.465 e. The van der Waals surface area contributed by atoms with Crippen LogP contribution in [0.15, 0.2) is 54.7 Å². The number of carboxylic acid groups (broad SMARTS) is 1. The average molecular weight is 510 g/mol. The maximum absolute atomic E-state index is 15.0. The minimum absolute atomic E-state index is 0.00139. The molecule has 37 heavy (non-hydrogen) atoms. The molecule has 0 saturated carbocycles. The number of nitrogens with zero attached hydrogens (tertiary/aromatic N) is 3. The first-order valence-corrected chi connectivity index (χ1v) is 11.7. The average Bonchev–Trinajstić information content (AvgIpc) is 2.90. The Kier molecular flexibility index (Phi) is 8.31. The first-order valence-electron chi connectivity index (χ1n) is 11.7. The van der Waals surface area contributed by atoms with Gasteiger partial charge in [0.25, 0.3) is 5.91 Å². The molecule has 0 aliphatic carbocycles. The van der Waals surface area contributed by atoms with Crippen LogP contribution in [0.4, 0.5) is 32.3 Å². The lowest BCUT2D eigenvalue weighted by atomic mass is 10.1. The van der Waals surface area contributed by atoms with Crippen LogP contribution in [-0.4, -0.2) is 66.0 Å². The topological polar surface area (TPSA) is 155 Å². The largest absolute Gasteiger partial charge is 0.465 e. The smallest absolute Gasteiger partial charge is 0.404 e. The van der Waals surface area contributed by atoms with E-state index in [1.54, 1.807) is 12.3 Å². The molecule has 12 heteroatoms. The summed E-state index contributed by atoms with van der Waals surface area (Å²) in [5.41, 5.74) is 6.79. The third-order valence-electron chi connectivity index (χ3n) is 5.75. The summed E-state index contributed by atoms with van der Waals surface area (Å²) in [4.78, 5) is 33.9. The molecule has 1 fully saturated rings. The van der Waals surface area contributed by atoms with Crippen LogP contribution in [0.1, 0.15) is 15.9 Å². The molecule has 4 rings (SSSR count). The fraction of sp³-hybridized carbons (Fsp3) is 0.280. The number of pyridine rings is 2. The molecule has 0 radical (unpaired) electrons. The van der Waals surface area contributed by atoms with Gasteiger partial charge in [-0.25, -0.2) is 19.2 Å². The van der Waals surface area contributed by atoms with Crippen LogP contribution in [-0.2, 0) is 11.2 Å². The van der Waals surface area contributed by atoms with E-state index < -0.39 is 23.9 Å². The second-order valence-electron chi connectivity index (χ2n) is 8.43. The predicted molar refractivity (Wildman–Crippen MR) is 137 cm³/mol. The van der Waals surface area contributed by atoms with Crippen molar-refractivity contribution in [2.45, 2.75) is 12.5 Å². The van der Waals surface area contributed by atoms with Gasteiger partial charge in [0, 0.05) is 25.7 Å². The zero-order chi connectivity index (χ0) is 26.2. The number of nitrogens with two attached hydrogens (primary N) is 1. The molecule has 3 aromatic rings. The molecule has 11 nitrogen and oxygen atoms in total. The number of nitrogens with one attached hydrogen (secondary N) is 3. The predicted octanol–water partition coefficient (Wildman–Crippen LogP) is 2.59. The zero-order valence-electron chi connectivity index (χ0n) is 20.0. The number of carbonyl (C=O) groups is 2. The van der Waals surface area contributed by atoms with Crippen molar-refractivity contribution in [2.24, 2.45) is 5.73 Å². The summed E-state index contributed by atoms with van der Waals surface area (Å²) < 4.78 is 20.3. The zero-order valence-corrected chi connectivity index (χ0v) is 20.0. The summed E-state index contributed by atoms with van der Waals surface area (Å²) >= 11 is 0. The summed E-state index contributed by atoms with van der Waals surface area (Å²) in [5, 5.41) is 17.3. The molecule has 3 heterocycles. The van der Waals surface area contributed by atoms with Crippen molar-refractivity contribution in [1.82, 2.24) is 15.3 Å². The van der Waals surface area contributed by atoms with Crippen molar-refractivity contribution in [3.63, 3.8) is 0 Å². The Hall–Kier alpha value is -4.45. The van der Waals surface area contributed by atoms with Crippen LogP contribution in [0.3, 0.4) is 0 Å². The quantitative estimate of drug-likeness (QED) is 0.277. The summed E-state index contributed by atoms with van der Waals surface area (Å²) in [6.45, 7) is 2.74. The van der Waals surface area contributed by atoms with E-state index in [-0.39, 0.29) is 23.7 Å². The Morgan fingerprint density at radius 3 is 2.54 bits per heavy atom. The van der Waals surface area contributed by atoms with Gasteiger partial charge in [-0.15, -0.1) is 0 Å². The van der Waals surface area contributed by atoms with Crippen LogP contribution < -0.4 is 26.6 Å². The minimum atomic E-state index is -1.20. The lowest BCUT2D eigenvalue weighted by molar-refractivity contribution is 0.1000. The van der Waals surface area contributed by atoms with Gasteiger partial charge in [-0.2, -0.15) is 0 Å². The van der Waals surface area contributed by atoms with Gasteiger partial charge in [-0.1, -0.05) is 30.3 Å². The number of rotatable bonds is 10. The first kappa shape index (κ1) is 25.6. The molecular weight excluding hydrogens is 481 g/mol. The van der Waals surface area contributed by atoms with E-state index in [9.17, 15) is 14.0 Å². The molecule has 1 aliphatic heterocycles. The molecule has 6 N–H and O–H groups in total. The number of carbonyl (C=O) groups excluding carboxylic acids is 1. The molecule has 1 saturated heterocycles. The van der Waals surface area contributed by atoms with Crippen LogP contribution in [0.25, 0.3) is 0 Å². The maximum Gasteiger partial charge on any atom is 0.404 e. The van der Waals surface area contributed by atoms with Crippen molar-refractivity contribution in [3.05, 3.63) is 71.7 Å². The SMILES string of the molecule is NC(=O)c1cc(F)c(NC(CNC(=O)O)Cc2ccccc2)nc1Nc1ccc(N2CCOCC2)nc1. The second-order valence-corrected chi connectivity index (χ2v) is 8.43. The van der Waals surface area contributed by atoms with Gasteiger partial charge >= 0.3 is 6.09 Å². The van der Waals surface area contributed by atoms with Crippen molar-refractivity contribution in [3.8, 4) is 0 Å². The molecule has 2 amide bonds.